The average Bonchev–Trinajstić information content (AvgIpc) is 3.08. The monoisotopic (exact) mass is 633 g/mol. The minimum atomic E-state index is -0.777. The van der Waals surface area contributed by atoms with Gasteiger partial charge >= 0.3 is 153 Å². The van der Waals surface area contributed by atoms with E-state index in [1.165, 1.54) is 23.7 Å². The molecular formula is C21H23Br3PZr. The van der Waals surface area contributed by atoms with Gasteiger partial charge in [-0.05, 0) is 0 Å². The van der Waals surface area contributed by atoms with Crippen molar-refractivity contribution in [3.05, 3.63) is 93.3 Å². The van der Waals surface area contributed by atoms with Crippen LogP contribution in [0.25, 0.3) is 0 Å². The standard InChI is InChI=1S/C16H18P.C5H5.3BrH.Zr/c1-17(2)13-16(14-9-5-3-6-10-14)15-11-7-4-8-12-15;1-2-4-5-3-1;;;;/h3-12H,13H2,1-2H3;1-3H,4H2;3*1H;/q;;;;;+3/p-3. The molecule has 1 aliphatic rings. The van der Waals surface area contributed by atoms with Crippen molar-refractivity contribution in [3.63, 3.8) is 0 Å². The molecule has 0 nitrogen and oxygen atoms in total. The maximum absolute atomic E-state index is 2.43. The van der Waals surface area contributed by atoms with E-state index in [4.69, 9.17) is 0 Å². The van der Waals surface area contributed by atoms with Gasteiger partial charge in [-0.1, -0.05) is 0 Å². The number of hydrogen-bond acceptors (Lipinski definition) is 0. The second-order valence-electron chi connectivity index (χ2n) is 6.32. The van der Waals surface area contributed by atoms with Crippen LogP contribution in [0.4, 0.5) is 0 Å². The number of rotatable bonds is 6. The summed E-state index contributed by atoms with van der Waals surface area (Å²) in [7, 11) is 0.0390. The number of halogens is 3. The molecule has 26 heavy (non-hydrogen) atoms. The molecule has 0 amide bonds. The molecule has 0 radical (unpaired) electrons. The summed E-state index contributed by atoms with van der Waals surface area (Å²) in [5.41, 5.74) is 3.06. The van der Waals surface area contributed by atoms with Crippen LogP contribution in [0.2, 0.25) is 0 Å². The smallest absolute Gasteiger partial charge is 1.00 e. The molecular weight excluding hydrogens is 614 g/mol. The molecule has 0 N–H and O–H groups in total. The Morgan fingerprint density at radius 1 is 0.846 bits per heavy atom. The van der Waals surface area contributed by atoms with Gasteiger partial charge in [0.1, 0.15) is 0 Å². The van der Waals surface area contributed by atoms with Gasteiger partial charge in [0.05, 0.1) is 0 Å². The molecule has 0 spiro atoms. The Morgan fingerprint density at radius 2 is 1.35 bits per heavy atom. The van der Waals surface area contributed by atoms with E-state index in [9.17, 15) is 0 Å². The maximum Gasteiger partial charge on any atom is -1.00 e. The third kappa shape index (κ3) is 6.63. The van der Waals surface area contributed by atoms with Gasteiger partial charge in [-0.15, -0.1) is 0 Å². The molecule has 2 aromatic rings. The third-order valence-corrected chi connectivity index (χ3v) is 10.7. The Kier molecular flexibility index (Phi) is 13.3. The summed E-state index contributed by atoms with van der Waals surface area (Å²) in [5, 5.41) is 0. The normalized spacial score (nSPS) is 12.3. The molecule has 0 atom stereocenters. The van der Waals surface area contributed by atoms with Crippen LogP contribution >= 0.6 is 7.92 Å². The van der Waals surface area contributed by atoms with Gasteiger partial charge in [0.2, 0.25) is 0 Å². The Bertz CT molecular complexity index is 660. The summed E-state index contributed by atoms with van der Waals surface area (Å²) in [5.74, 6) is 0. The zero-order valence-corrected chi connectivity index (χ0v) is 23.1. The van der Waals surface area contributed by atoms with Crippen LogP contribution in [-0.4, -0.2) is 19.5 Å². The molecule has 5 heteroatoms. The van der Waals surface area contributed by atoms with E-state index in [1.807, 2.05) is 0 Å². The summed E-state index contributed by atoms with van der Waals surface area (Å²) in [4.78, 5) is 0. The van der Waals surface area contributed by atoms with E-state index in [0.29, 0.717) is 0 Å². The van der Waals surface area contributed by atoms with E-state index in [1.54, 1.807) is 3.28 Å². The fourth-order valence-corrected chi connectivity index (χ4v) is 11.4. The van der Waals surface area contributed by atoms with Crippen LogP contribution < -0.4 is 50.9 Å². The molecule has 137 valence electrons. The molecule has 2 aromatic carbocycles. The van der Waals surface area contributed by atoms with Crippen LogP contribution in [-0.2, 0) is 26.4 Å². The fourth-order valence-electron chi connectivity index (χ4n) is 3.27. The molecule has 0 aliphatic heterocycles. The van der Waals surface area contributed by atoms with Gasteiger partial charge < -0.3 is 50.9 Å². The molecule has 1 aliphatic carbocycles. The van der Waals surface area contributed by atoms with Gasteiger partial charge in [0.15, 0.2) is 0 Å². The van der Waals surface area contributed by atoms with E-state index in [-0.39, 0.29) is 62.0 Å². The fraction of sp³-hybridized carbons (Fsp3) is 0.238. The first-order valence-electron chi connectivity index (χ1n) is 8.10. The minimum Gasteiger partial charge on any atom is -1.00 e. The SMILES string of the molecule is CP(C)C[C]([Zr+3][C]1=CC=CC1)(c1ccccc1)c1ccccc1.[Br-].[Br-].[Br-]. The summed E-state index contributed by atoms with van der Waals surface area (Å²) >= 11 is -0.777. The number of allylic oxidation sites excluding steroid dienone is 4. The van der Waals surface area contributed by atoms with Crippen molar-refractivity contribution in [2.75, 3.05) is 19.5 Å². The van der Waals surface area contributed by atoms with Crippen molar-refractivity contribution in [1.82, 2.24) is 0 Å². The van der Waals surface area contributed by atoms with Gasteiger partial charge in [0, 0.05) is 0 Å². The quantitative estimate of drug-likeness (QED) is 0.291. The first kappa shape index (κ1) is 26.7. The zero-order chi connectivity index (χ0) is 16.1. The van der Waals surface area contributed by atoms with Gasteiger partial charge in [-0.3, -0.25) is 0 Å². The van der Waals surface area contributed by atoms with Crippen LogP contribution in [0.5, 0.6) is 0 Å². The second kappa shape index (κ2) is 13.0. The van der Waals surface area contributed by atoms with Crippen LogP contribution in [0.3, 0.4) is 0 Å². The minimum absolute atomic E-state index is 0. The second-order valence-corrected chi connectivity index (χ2v) is 13.1. The molecule has 0 saturated heterocycles. The third-order valence-electron chi connectivity index (χ3n) is 4.23. The van der Waals surface area contributed by atoms with Crippen molar-refractivity contribution in [2.45, 2.75) is 9.54 Å². The van der Waals surface area contributed by atoms with Crippen LogP contribution in [0.1, 0.15) is 17.5 Å². The number of benzene rings is 2. The molecule has 0 aromatic heterocycles. The predicted molar refractivity (Wildman–Crippen MR) is 99.1 cm³/mol. The topological polar surface area (TPSA) is 0 Å². The van der Waals surface area contributed by atoms with Gasteiger partial charge in [-0.25, -0.2) is 0 Å². The van der Waals surface area contributed by atoms with E-state index in [2.05, 4.69) is 92.2 Å². The summed E-state index contributed by atoms with van der Waals surface area (Å²) in [6.45, 7) is 4.85. The van der Waals surface area contributed by atoms with Crippen molar-refractivity contribution >= 4 is 7.92 Å². The molecule has 0 bridgehead atoms. The Labute approximate surface area is 202 Å². The van der Waals surface area contributed by atoms with Gasteiger partial charge in [0.25, 0.3) is 0 Å². The van der Waals surface area contributed by atoms with Gasteiger partial charge in [-0.2, -0.15) is 0 Å². The summed E-state index contributed by atoms with van der Waals surface area (Å²) in [6.07, 6.45) is 9.44. The summed E-state index contributed by atoms with van der Waals surface area (Å²) < 4.78 is 1.98. The molecule has 0 fully saturated rings. The van der Waals surface area contributed by atoms with Crippen molar-refractivity contribution in [1.29, 1.82) is 0 Å². The molecule has 0 unspecified atom stereocenters. The molecule has 0 heterocycles. The zero-order valence-electron chi connectivity index (χ0n) is 15.0. The molecule has 0 saturated carbocycles. The average molecular weight is 637 g/mol. The first-order chi connectivity index (χ1) is 11.2. The van der Waals surface area contributed by atoms with Crippen LogP contribution in [0.15, 0.2) is 82.2 Å². The van der Waals surface area contributed by atoms with Crippen LogP contribution in [0, 0.1) is 0 Å². The van der Waals surface area contributed by atoms with E-state index < -0.39 is 23.2 Å². The predicted octanol–water partition coefficient (Wildman–Crippen LogP) is -3.39. The summed E-state index contributed by atoms with van der Waals surface area (Å²) in [6, 6.07) is 22.5. The van der Waals surface area contributed by atoms with E-state index in [0.717, 1.165) is 0 Å². The number of hydrogen-bond donors (Lipinski definition) is 0. The maximum atomic E-state index is 2.43. The Morgan fingerprint density at radius 3 is 1.73 bits per heavy atom. The Balaban J connectivity index is 0.00000208. The Hall–Kier alpha value is 0.673. The van der Waals surface area contributed by atoms with E-state index >= 15 is 0 Å². The van der Waals surface area contributed by atoms with Crippen molar-refractivity contribution < 1.29 is 74.2 Å². The van der Waals surface area contributed by atoms with Crippen molar-refractivity contribution in [2.24, 2.45) is 0 Å². The van der Waals surface area contributed by atoms with Crippen molar-refractivity contribution in [3.8, 4) is 0 Å². The largest absolute Gasteiger partial charge is 1.00 e. The molecule has 3 rings (SSSR count). The first-order valence-corrected chi connectivity index (χ1v) is 13.0.